The molecule has 41 heavy (non-hydrogen) atoms. The molecule has 0 spiro atoms. The lowest BCUT2D eigenvalue weighted by atomic mass is 9.93. The van der Waals surface area contributed by atoms with E-state index < -0.39 is 34.2 Å². The summed E-state index contributed by atoms with van der Waals surface area (Å²) in [5.74, 6) is -0.398. The maximum absolute atomic E-state index is 14.2. The van der Waals surface area contributed by atoms with Gasteiger partial charge in [0, 0.05) is 12.6 Å². The first kappa shape index (κ1) is 29.8. The zero-order valence-corrected chi connectivity index (χ0v) is 24.4. The maximum atomic E-state index is 14.2. The van der Waals surface area contributed by atoms with Crippen molar-refractivity contribution in [1.82, 2.24) is 4.72 Å². The van der Waals surface area contributed by atoms with Crippen molar-refractivity contribution >= 4 is 33.2 Å². The Kier molecular flexibility index (Phi) is 9.18. The molecule has 0 radical (unpaired) electrons. The molecule has 3 aromatic carbocycles. The van der Waals surface area contributed by atoms with Crippen LogP contribution in [0.5, 0.6) is 5.75 Å². The molecular weight excluding hydrogens is 571 g/mol. The van der Waals surface area contributed by atoms with Gasteiger partial charge in [-0.3, -0.25) is 4.31 Å². The summed E-state index contributed by atoms with van der Waals surface area (Å²) >= 11 is 1.60. The van der Waals surface area contributed by atoms with Crippen LogP contribution in [0.2, 0.25) is 0 Å². The van der Waals surface area contributed by atoms with Gasteiger partial charge in [0.05, 0.1) is 27.6 Å². The van der Waals surface area contributed by atoms with Crippen LogP contribution in [0.4, 0.5) is 24.5 Å². The molecule has 0 aromatic heterocycles. The number of nitrogens with one attached hydrogen (secondary N) is 1. The number of anilines is 2. The molecule has 2 aliphatic rings. The third-order valence-electron chi connectivity index (χ3n) is 7.31. The van der Waals surface area contributed by atoms with Gasteiger partial charge >= 0.3 is 6.36 Å². The number of nitrogens with zero attached hydrogens (tertiary/aromatic N) is 2. The van der Waals surface area contributed by atoms with Crippen molar-refractivity contribution in [2.45, 2.75) is 74.1 Å². The number of hydrogen-bond acceptors (Lipinski definition) is 6. The summed E-state index contributed by atoms with van der Waals surface area (Å²) in [6.07, 6.45) is -0.965. The van der Waals surface area contributed by atoms with Crippen LogP contribution in [0.15, 0.2) is 82.1 Å². The number of fused-ring (bicyclic) bond motifs is 2. The Hall–Kier alpha value is -2.73. The van der Waals surface area contributed by atoms with Crippen molar-refractivity contribution in [3.63, 3.8) is 0 Å². The summed E-state index contributed by atoms with van der Waals surface area (Å²) < 4.78 is 65.8. The van der Waals surface area contributed by atoms with Crippen molar-refractivity contribution in [3.05, 3.63) is 83.9 Å². The van der Waals surface area contributed by atoms with E-state index in [0.717, 1.165) is 49.2 Å². The van der Waals surface area contributed by atoms with E-state index >= 15 is 0 Å². The molecular formula is C30H34F3N3O3S2. The Bertz CT molecular complexity index is 1410. The lowest BCUT2D eigenvalue weighted by Crippen LogP contribution is -2.50. The number of ether oxygens (including phenoxy) is 1. The molecule has 0 bridgehead atoms. The first-order chi connectivity index (χ1) is 19.7. The molecule has 1 heterocycles. The second-order valence-electron chi connectivity index (χ2n) is 10.2. The Labute approximate surface area is 243 Å². The van der Waals surface area contributed by atoms with E-state index in [0.29, 0.717) is 19.4 Å². The molecule has 1 aliphatic carbocycles. The van der Waals surface area contributed by atoms with Crippen LogP contribution in [-0.4, -0.2) is 39.6 Å². The van der Waals surface area contributed by atoms with Crippen molar-refractivity contribution in [3.8, 4) is 5.75 Å². The molecule has 0 saturated heterocycles. The standard InChI is InChI=1S/C30H34F3N3O3S2/c1-2-20-34-41(38,24-18-16-23(17-19-24)39-30(31,32)33)35-25-10-7-13-28(29(25)37)40-36-26-11-5-3-8-21(26)14-15-22-9-4-6-12-27(22)36/h3-6,8-9,11-12,16-19,25,28-29,37H,2,7,10,13-15,20H2,1H3,(H,34,35,38)/t25-,28?,29+,41?/m1/s1. The third kappa shape index (κ3) is 7.02. The van der Waals surface area contributed by atoms with E-state index in [-0.39, 0.29) is 10.1 Å². The monoisotopic (exact) mass is 605 g/mol. The quantitative estimate of drug-likeness (QED) is 0.266. The van der Waals surface area contributed by atoms with Gasteiger partial charge in [-0.05, 0) is 91.6 Å². The molecule has 6 nitrogen and oxygen atoms in total. The number of hydrogen-bond donors (Lipinski definition) is 2. The molecule has 2 unspecified atom stereocenters. The largest absolute Gasteiger partial charge is 0.573 e. The van der Waals surface area contributed by atoms with Gasteiger partial charge in [-0.1, -0.05) is 49.7 Å². The summed E-state index contributed by atoms with van der Waals surface area (Å²) in [5.41, 5.74) is 4.70. The summed E-state index contributed by atoms with van der Waals surface area (Å²) in [6, 6.07) is 21.1. The highest BCUT2D eigenvalue weighted by atomic mass is 32.2. The fourth-order valence-corrected chi connectivity index (χ4v) is 8.72. The summed E-state index contributed by atoms with van der Waals surface area (Å²) in [7, 11) is -3.23. The van der Waals surface area contributed by atoms with Gasteiger partial charge in [0.15, 0.2) is 0 Å². The first-order valence-electron chi connectivity index (χ1n) is 13.8. The Morgan fingerprint density at radius 2 is 1.61 bits per heavy atom. The van der Waals surface area contributed by atoms with Crippen LogP contribution in [0.25, 0.3) is 0 Å². The molecule has 11 heteroatoms. The topological polar surface area (TPSA) is 74.2 Å². The number of aliphatic hydroxyl groups excluding tert-OH is 1. The van der Waals surface area contributed by atoms with E-state index in [2.05, 4.69) is 42.4 Å². The molecule has 2 N–H and O–H groups in total. The van der Waals surface area contributed by atoms with Crippen molar-refractivity contribution in [2.75, 3.05) is 10.8 Å². The molecule has 1 saturated carbocycles. The van der Waals surface area contributed by atoms with E-state index in [1.54, 1.807) is 11.9 Å². The minimum Gasteiger partial charge on any atom is -0.406 e. The van der Waals surface area contributed by atoms with Gasteiger partial charge in [-0.25, -0.2) is 13.3 Å². The summed E-state index contributed by atoms with van der Waals surface area (Å²) in [4.78, 5) is 0.248. The highest BCUT2D eigenvalue weighted by molar-refractivity contribution is 8.01. The molecule has 1 fully saturated rings. The number of alkyl halides is 3. The Morgan fingerprint density at radius 1 is 1.00 bits per heavy atom. The van der Waals surface area contributed by atoms with Gasteiger partial charge in [0.1, 0.15) is 15.7 Å². The third-order valence-corrected chi connectivity index (χ3v) is 10.8. The Balaban J connectivity index is 1.39. The number of para-hydroxylation sites is 2. The number of aryl methyl sites for hydroxylation is 2. The highest BCUT2D eigenvalue weighted by Crippen LogP contribution is 2.44. The van der Waals surface area contributed by atoms with Gasteiger partial charge in [-0.15, -0.1) is 13.2 Å². The van der Waals surface area contributed by atoms with Crippen LogP contribution in [0.1, 0.15) is 43.7 Å². The normalized spacial score (nSPS) is 22.2. The minimum absolute atomic E-state index is 0.183. The number of benzene rings is 3. The lowest BCUT2D eigenvalue weighted by molar-refractivity contribution is -0.274. The first-order valence-corrected chi connectivity index (χ1v) is 16.2. The molecule has 3 aromatic rings. The average Bonchev–Trinajstić information content (AvgIpc) is 3.11. The predicted molar refractivity (Wildman–Crippen MR) is 158 cm³/mol. The van der Waals surface area contributed by atoms with E-state index in [1.807, 2.05) is 31.2 Å². The second-order valence-corrected chi connectivity index (χ2v) is 13.4. The van der Waals surface area contributed by atoms with Crippen LogP contribution in [0.3, 0.4) is 0 Å². The number of rotatable bonds is 8. The van der Waals surface area contributed by atoms with Crippen LogP contribution >= 0.6 is 11.9 Å². The second kappa shape index (κ2) is 12.6. The van der Waals surface area contributed by atoms with Gasteiger partial charge < -0.3 is 9.84 Å². The smallest absolute Gasteiger partial charge is 0.406 e. The Morgan fingerprint density at radius 3 is 2.20 bits per heavy atom. The van der Waals surface area contributed by atoms with Gasteiger partial charge in [0.2, 0.25) is 0 Å². The summed E-state index contributed by atoms with van der Waals surface area (Å²) in [6.45, 7) is 2.21. The van der Waals surface area contributed by atoms with Crippen molar-refractivity contribution < 1.29 is 27.2 Å². The zero-order chi connectivity index (χ0) is 29.0. The van der Waals surface area contributed by atoms with E-state index in [4.69, 9.17) is 0 Å². The average molecular weight is 606 g/mol. The number of aliphatic hydroxyl groups is 1. The number of halogens is 3. The van der Waals surface area contributed by atoms with Crippen LogP contribution in [-0.2, 0) is 22.8 Å². The predicted octanol–water partition coefficient (Wildman–Crippen LogP) is 7.19. The van der Waals surface area contributed by atoms with E-state index in [1.165, 1.54) is 23.3 Å². The molecule has 5 rings (SSSR count). The maximum Gasteiger partial charge on any atom is 0.573 e. The molecule has 1 aliphatic heterocycles. The SMILES string of the molecule is CCCN=S(=O)(N[C@@H]1CCCC(SN2c3ccccc3CCc3ccccc32)[C@H]1O)c1ccc(OC(F)(F)F)cc1. The molecule has 4 atom stereocenters. The van der Waals surface area contributed by atoms with Crippen molar-refractivity contribution in [2.24, 2.45) is 4.36 Å². The molecule has 220 valence electrons. The van der Waals surface area contributed by atoms with Crippen LogP contribution in [0, 0.1) is 0 Å². The van der Waals surface area contributed by atoms with Gasteiger partial charge in [-0.2, -0.15) is 0 Å². The highest BCUT2D eigenvalue weighted by Gasteiger charge is 2.37. The van der Waals surface area contributed by atoms with Gasteiger partial charge in [0.25, 0.3) is 0 Å². The lowest BCUT2D eigenvalue weighted by Gasteiger charge is -2.38. The zero-order valence-electron chi connectivity index (χ0n) is 22.7. The van der Waals surface area contributed by atoms with Crippen LogP contribution < -0.4 is 13.8 Å². The minimum atomic E-state index is -4.82. The van der Waals surface area contributed by atoms with Crippen molar-refractivity contribution in [1.29, 1.82) is 0 Å². The fraction of sp³-hybridized carbons (Fsp3) is 0.400. The van der Waals surface area contributed by atoms with E-state index in [9.17, 15) is 22.5 Å². The molecule has 0 amide bonds. The summed E-state index contributed by atoms with van der Waals surface area (Å²) in [5, 5.41) is 11.4. The fourth-order valence-electron chi connectivity index (χ4n) is 5.30.